The molecule has 1 aromatic heterocycles. The van der Waals surface area contributed by atoms with Gasteiger partial charge < -0.3 is 10.2 Å². The predicted molar refractivity (Wildman–Crippen MR) is 41.7 cm³/mol. The van der Waals surface area contributed by atoms with Crippen LogP contribution in [0, 0.1) is 0 Å². The maximum Gasteiger partial charge on any atom is 0.171 e. The Morgan fingerprint density at radius 2 is 2.27 bits per heavy atom. The van der Waals surface area contributed by atoms with Crippen LogP contribution in [-0.4, -0.2) is 21.8 Å². The van der Waals surface area contributed by atoms with E-state index in [1.807, 2.05) is 0 Å². The van der Waals surface area contributed by atoms with Gasteiger partial charge in [0.15, 0.2) is 10.9 Å². The summed E-state index contributed by atoms with van der Waals surface area (Å²) in [6.07, 6.45) is 1.89. The summed E-state index contributed by atoms with van der Waals surface area (Å²) in [7, 11) is 0. The molecule has 0 amide bonds. The SMILES string of the molecule is OCCc1ccnc(Cl)c1O. The molecule has 1 heterocycles. The predicted octanol–water partition coefficient (Wildman–Crippen LogP) is 0.975. The van der Waals surface area contributed by atoms with E-state index in [0.717, 1.165) is 0 Å². The van der Waals surface area contributed by atoms with Gasteiger partial charge in [-0.05, 0) is 12.5 Å². The second-order valence-electron chi connectivity index (χ2n) is 2.08. The molecule has 0 unspecified atom stereocenters. The second kappa shape index (κ2) is 3.55. The molecule has 0 atom stereocenters. The van der Waals surface area contributed by atoms with Gasteiger partial charge in [0.1, 0.15) is 0 Å². The van der Waals surface area contributed by atoms with Crippen LogP contribution in [0.15, 0.2) is 12.3 Å². The highest BCUT2D eigenvalue weighted by atomic mass is 35.5. The molecule has 60 valence electrons. The van der Waals surface area contributed by atoms with E-state index in [0.29, 0.717) is 12.0 Å². The lowest BCUT2D eigenvalue weighted by atomic mass is 10.2. The summed E-state index contributed by atoms with van der Waals surface area (Å²) >= 11 is 5.51. The van der Waals surface area contributed by atoms with Crippen molar-refractivity contribution < 1.29 is 10.2 Å². The molecule has 0 saturated heterocycles. The van der Waals surface area contributed by atoms with Gasteiger partial charge in [0.25, 0.3) is 0 Å². The highest BCUT2D eigenvalue weighted by Gasteiger charge is 2.04. The Bertz CT molecular complexity index is 252. The van der Waals surface area contributed by atoms with E-state index < -0.39 is 0 Å². The van der Waals surface area contributed by atoms with E-state index >= 15 is 0 Å². The van der Waals surface area contributed by atoms with E-state index in [-0.39, 0.29) is 17.5 Å². The number of hydrogen-bond donors (Lipinski definition) is 2. The van der Waals surface area contributed by atoms with Crippen LogP contribution < -0.4 is 0 Å². The molecule has 1 aromatic rings. The molecule has 3 nitrogen and oxygen atoms in total. The second-order valence-corrected chi connectivity index (χ2v) is 2.44. The summed E-state index contributed by atoms with van der Waals surface area (Å²) in [5.74, 6) is -0.0387. The highest BCUT2D eigenvalue weighted by molar-refractivity contribution is 6.30. The normalized spacial score (nSPS) is 10.0. The van der Waals surface area contributed by atoms with Crippen LogP contribution in [0.4, 0.5) is 0 Å². The lowest BCUT2D eigenvalue weighted by Gasteiger charge is -2.01. The van der Waals surface area contributed by atoms with E-state index in [4.69, 9.17) is 16.7 Å². The van der Waals surface area contributed by atoms with Gasteiger partial charge in [0.2, 0.25) is 0 Å². The van der Waals surface area contributed by atoms with Crippen LogP contribution in [-0.2, 0) is 6.42 Å². The molecule has 0 fully saturated rings. The molecule has 0 bridgehead atoms. The van der Waals surface area contributed by atoms with Crippen LogP contribution in [0.1, 0.15) is 5.56 Å². The fourth-order valence-electron chi connectivity index (χ4n) is 0.787. The lowest BCUT2D eigenvalue weighted by molar-refractivity contribution is 0.297. The first-order valence-corrected chi connectivity index (χ1v) is 3.56. The number of pyridine rings is 1. The van der Waals surface area contributed by atoms with E-state index in [2.05, 4.69) is 4.98 Å². The number of aliphatic hydroxyl groups is 1. The van der Waals surface area contributed by atoms with Gasteiger partial charge in [0.05, 0.1) is 0 Å². The Hall–Kier alpha value is -0.800. The van der Waals surface area contributed by atoms with Crippen molar-refractivity contribution in [3.05, 3.63) is 23.0 Å². The number of hydrogen-bond acceptors (Lipinski definition) is 3. The fourth-order valence-corrected chi connectivity index (χ4v) is 0.965. The number of nitrogens with zero attached hydrogens (tertiary/aromatic N) is 1. The Morgan fingerprint density at radius 3 is 2.91 bits per heavy atom. The monoisotopic (exact) mass is 173 g/mol. The van der Waals surface area contributed by atoms with Crippen molar-refractivity contribution >= 4 is 11.6 Å². The van der Waals surface area contributed by atoms with Crippen molar-refractivity contribution in [2.75, 3.05) is 6.61 Å². The smallest absolute Gasteiger partial charge is 0.171 e. The molecule has 0 saturated carbocycles. The minimum atomic E-state index is -0.0387. The molecular formula is C7H8ClNO2. The third-order valence-corrected chi connectivity index (χ3v) is 1.62. The Balaban J connectivity index is 2.96. The van der Waals surface area contributed by atoms with Crippen LogP contribution in [0.2, 0.25) is 5.15 Å². The highest BCUT2D eigenvalue weighted by Crippen LogP contribution is 2.24. The van der Waals surface area contributed by atoms with Gasteiger partial charge in [-0.3, -0.25) is 0 Å². The number of aromatic nitrogens is 1. The minimum absolute atomic E-state index is 0.00605. The van der Waals surface area contributed by atoms with Gasteiger partial charge in [0, 0.05) is 18.4 Å². The standard InChI is InChI=1S/C7H8ClNO2/c8-7-6(11)5(2-4-10)1-3-9-7/h1,3,10-11H,2,4H2. The summed E-state index contributed by atoms with van der Waals surface area (Å²) in [6, 6.07) is 1.62. The Kier molecular flexibility index (Phi) is 2.68. The zero-order valence-corrected chi connectivity index (χ0v) is 6.54. The largest absolute Gasteiger partial charge is 0.504 e. The molecule has 0 radical (unpaired) electrons. The van der Waals surface area contributed by atoms with Crippen molar-refractivity contribution in [1.82, 2.24) is 4.98 Å². The van der Waals surface area contributed by atoms with Crippen molar-refractivity contribution in [2.24, 2.45) is 0 Å². The van der Waals surface area contributed by atoms with Gasteiger partial charge in [-0.1, -0.05) is 11.6 Å². The van der Waals surface area contributed by atoms with Gasteiger partial charge >= 0.3 is 0 Å². The number of halogens is 1. The summed E-state index contributed by atoms with van der Waals surface area (Å²) in [5, 5.41) is 17.9. The quantitative estimate of drug-likeness (QED) is 0.656. The average Bonchev–Trinajstić information content (AvgIpc) is 1.99. The maximum atomic E-state index is 9.22. The number of rotatable bonds is 2. The average molecular weight is 174 g/mol. The van der Waals surface area contributed by atoms with Gasteiger partial charge in [-0.25, -0.2) is 4.98 Å². The molecule has 0 spiro atoms. The molecule has 0 aromatic carbocycles. The summed E-state index contributed by atoms with van der Waals surface area (Å²) in [6.45, 7) is -0.00605. The van der Waals surface area contributed by atoms with Crippen molar-refractivity contribution in [3.8, 4) is 5.75 Å². The van der Waals surface area contributed by atoms with Gasteiger partial charge in [-0.15, -0.1) is 0 Å². The first-order valence-electron chi connectivity index (χ1n) is 3.19. The molecule has 0 aliphatic rings. The molecule has 11 heavy (non-hydrogen) atoms. The van der Waals surface area contributed by atoms with Crippen LogP contribution in [0.5, 0.6) is 5.75 Å². The number of aromatic hydroxyl groups is 1. The molecule has 2 N–H and O–H groups in total. The third kappa shape index (κ3) is 1.82. The molecule has 1 rings (SSSR count). The van der Waals surface area contributed by atoms with Crippen LogP contribution in [0.25, 0.3) is 0 Å². The number of aliphatic hydroxyl groups excluding tert-OH is 1. The zero-order chi connectivity index (χ0) is 8.27. The van der Waals surface area contributed by atoms with Crippen molar-refractivity contribution in [1.29, 1.82) is 0 Å². The van der Waals surface area contributed by atoms with E-state index in [1.54, 1.807) is 6.07 Å². The Morgan fingerprint density at radius 1 is 1.55 bits per heavy atom. The topological polar surface area (TPSA) is 53.4 Å². The summed E-state index contributed by atoms with van der Waals surface area (Å²) < 4.78 is 0. The third-order valence-electron chi connectivity index (χ3n) is 1.34. The van der Waals surface area contributed by atoms with Crippen molar-refractivity contribution in [3.63, 3.8) is 0 Å². The van der Waals surface area contributed by atoms with E-state index in [1.165, 1.54) is 6.20 Å². The molecular weight excluding hydrogens is 166 g/mol. The Labute approximate surface area is 69.3 Å². The molecule has 4 heteroatoms. The molecule has 0 aliphatic heterocycles. The first kappa shape index (κ1) is 8.30. The van der Waals surface area contributed by atoms with Crippen LogP contribution in [0.3, 0.4) is 0 Å². The minimum Gasteiger partial charge on any atom is -0.504 e. The van der Waals surface area contributed by atoms with E-state index in [9.17, 15) is 5.11 Å². The molecule has 0 aliphatic carbocycles. The summed E-state index contributed by atoms with van der Waals surface area (Å²) in [5.41, 5.74) is 0.618. The lowest BCUT2D eigenvalue weighted by Crippen LogP contribution is -1.92. The van der Waals surface area contributed by atoms with Gasteiger partial charge in [-0.2, -0.15) is 0 Å². The summed E-state index contributed by atoms with van der Waals surface area (Å²) in [4.78, 5) is 3.66. The fraction of sp³-hybridized carbons (Fsp3) is 0.286. The van der Waals surface area contributed by atoms with Crippen molar-refractivity contribution in [2.45, 2.75) is 6.42 Å². The first-order chi connectivity index (χ1) is 5.25. The maximum absolute atomic E-state index is 9.22. The zero-order valence-electron chi connectivity index (χ0n) is 5.79. The van der Waals surface area contributed by atoms with Crippen LogP contribution >= 0.6 is 11.6 Å².